The van der Waals surface area contributed by atoms with E-state index in [-0.39, 0.29) is 0 Å². The molecule has 2 rings (SSSR count). The molecule has 0 amide bonds. The van der Waals surface area contributed by atoms with E-state index in [1.54, 1.807) is 0 Å². The molecule has 1 aromatic rings. The summed E-state index contributed by atoms with van der Waals surface area (Å²) in [5, 5.41) is 13.4. The molecule has 1 aliphatic rings. The van der Waals surface area contributed by atoms with Gasteiger partial charge >= 0.3 is 0 Å². The number of nitrogens with one attached hydrogen (secondary N) is 1. The second-order valence-corrected chi connectivity index (χ2v) is 4.72. The first kappa shape index (κ1) is 11.3. The summed E-state index contributed by atoms with van der Waals surface area (Å²) in [5.74, 6) is 0.471. The third-order valence-corrected chi connectivity index (χ3v) is 3.59. The molecule has 0 spiro atoms. The van der Waals surface area contributed by atoms with Gasteiger partial charge in [-0.15, -0.1) is 0 Å². The van der Waals surface area contributed by atoms with Gasteiger partial charge in [-0.2, -0.15) is 5.26 Å². The largest absolute Gasteiger partial charge is 0.366 e. The van der Waals surface area contributed by atoms with Gasteiger partial charge in [-0.25, -0.2) is 0 Å². The lowest BCUT2D eigenvalue weighted by Crippen LogP contribution is -2.38. The first-order chi connectivity index (χ1) is 7.72. The topological polar surface area (TPSA) is 35.8 Å². The van der Waals surface area contributed by atoms with Gasteiger partial charge in [0.25, 0.3) is 0 Å². The molecule has 0 heterocycles. The Balaban J connectivity index is 2.25. The van der Waals surface area contributed by atoms with Crippen LogP contribution in [0.1, 0.15) is 26.2 Å². The summed E-state index contributed by atoms with van der Waals surface area (Å²) < 4.78 is 0. The van der Waals surface area contributed by atoms with Gasteiger partial charge in [0.05, 0.1) is 16.8 Å². The van der Waals surface area contributed by atoms with Crippen molar-refractivity contribution < 1.29 is 0 Å². The van der Waals surface area contributed by atoms with Crippen LogP contribution in [0.5, 0.6) is 0 Å². The molecule has 0 saturated heterocycles. The molecule has 0 aliphatic heterocycles. The highest BCUT2D eigenvalue weighted by atomic mass is 35.5. The highest BCUT2D eigenvalue weighted by Gasteiger charge is 2.44. The highest BCUT2D eigenvalue weighted by molar-refractivity contribution is 6.33. The van der Waals surface area contributed by atoms with Crippen molar-refractivity contribution in [3.8, 4) is 6.07 Å². The molecular weight excluding hydrogens is 220 g/mol. The maximum atomic E-state index is 9.38. The monoisotopic (exact) mass is 234 g/mol. The first-order valence-corrected chi connectivity index (χ1v) is 6.03. The summed E-state index contributed by atoms with van der Waals surface area (Å²) in [6.45, 7) is 2.05. The number of hydrogen-bond donors (Lipinski definition) is 1. The van der Waals surface area contributed by atoms with Crippen molar-refractivity contribution in [3.05, 3.63) is 29.3 Å². The number of hydrogen-bond acceptors (Lipinski definition) is 2. The molecule has 0 radical (unpaired) electrons. The summed E-state index contributed by atoms with van der Waals surface area (Å²) >= 11 is 6.10. The number of nitriles is 1. The van der Waals surface area contributed by atoms with Gasteiger partial charge in [0.2, 0.25) is 0 Å². The number of rotatable bonds is 4. The minimum absolute atomic E-state index is 0.439. The molecule has 1 aliphatic carbocycles. The Hall–Kier alpha value is -1.20. The second kappa shape index (κ2) is 4.35. The minimum atomic E-state index is -0.439. The second-order valence-electron chi connectivity index (χ2n) is 4.32. The Kier molecular flexibility index (Phi) is 3.07. The standard InChI is InChI=1S/C13H15ClN2/c1-2-13(9-15,10-7-8-10)16-12-6-4-3-5-11(12)14/h3-6,10,16H,2,7-8H2,1H3. The third-order valence-electron chi connectivity index (χ3n) is 3.26. The van der Waals surface area contributed by atoms with Crippen molar-refractivity contribution in [1.82, 2.24) is 0 Å². The number of para-hydroxylation sites is 1. The van der Waals surface area contributed by atoms with Gasteiger partial charge in [-0.05, 0) is 37.3 Å². The van der Waals surface area contributed by atoms with E-state index in [4.69, 9.17) is 11.6 Å². The van der Waals surface area contributed by atoms with E-state index in [2.05, 4.69) is 11.4 Å². The van der Waals surface area contributed by atoms with E-state index in [0.29, 0.717) is 10.9 Å². The van der Waals surface area contributed by atoms with E-state index in [9.17, 15) is 5.26 Å². The SMILES string of the molecule is CCC(C#N)(Nc1ccccc1Cl)C1CC1. The molecule has 1 saturated carbocycles. The van der Waals surface area contributed by atoms with E-state index in [1.165, 1.54) is 0 Å². The Morgan fingerprint density at radius 2 is 2.19 bits per heavy atom. The zero-order chi connectivity index (χ0) is 11.6. The van der Waals surface area contributed by atoms with Crippen LogP contribution in [0.2, 0.25) is 5.02 Å². The van der Waals surface area contributed by atoms with E-state index < -0.39 is 5.54 Å². The molecule has 1 aromatic carbocycles. The molecule has 2 nitrogen and oxygen atoms in total. The maximum absolute atomic E-state index is 9.38. The fourth-order valence-electron chi connectivity index (χ4n) is 2.06. The lowest BCUT2D eigenvalue weighted by Gasteiger charge is -2.28. The van der Waals surface area contributed by atoms with Gasteiger partial charge in [0, 0.05) is 0 Å². The molecule has 1 atom stereocenters. The van der Waals surface area contributed by atoms with Crippen LogP contribution in [0.3, 0.4) is 0 Å². The van der Waals surface area contributed by atoms with E-state index in [0.717, 1.165) is 24.9 Å². The average Bonchev–Trinajstić information content (AvgIpc) is 3.13. The Labute approximate surface area is 101 Å². The predicted octanol–water partition coefficient (Wildman–Crippen LogP) is 3.83. The number of benzene rings is 1. The lowest BCUT2D eigenvalue weighted by atomic mass is 9.91. The van der Waals surface area contributed by atoms with Gasteiger partial charge in [-0.3, -0.25) is 0 Å². The molecular formula is C13H15ClN2. The molecule has 1 N–H and O–H groups in total. The molecule has 1 unspecified atom stereocenters. The number of halogens is 1. The van der Waals surface area contributed by atoms with Gasteiger partial charge in [-0.1, -0.05) is 30.7 Å². The molecule has 0 aromatic heterocycles. The molecule has 1 fully saturated rings. The van der Waals surface area contributed by atoms with Crippen LogP contribution in [0, 0.1) is 17.2 Å². The summed E-state index contributed by atoms with van der Waals surface area (Å²) in [4.78, 5) is 0. The van der Waals surface area contributed by atoms with Crippen LogP contribution in [0.15, 0.2) is 24.3 Å². The lowest BCUT2D eigenvalue weighted by molar-refractivity contribution is 0.499. The number of anilines is 1. The molecule has 16 heavy (non-hydrogen) atoms. The summed E-state index contributed by atoms with van der Waals surface area (Å²) in [7, 11) is 0. The van der Waals surface area contributed by atoms with Crippen molar-refractivity contribution in [2.24, 2.45) is 5.92 Å². The van der Waals surface area contributed by atoms with E-state index in [1.807, 2.05) is 31.2 Å². The minimum Gasteiger partial charge on any atom is -0.366 e. The van der Waals surface area contributed by atoms with Crippen molar-refractivity contribution in [1.29, 1.82) is 5.26 Å². The summed E-state index contributed by atoms with van der Waals surface area (Å²) in [6, 6.07) is 10.0. The zero-order valence-electron chi connectivity index (χ0n) is 9.33. The normalized spacial score (nSPS) is 18.6. The Morgan fingerprint density at radius 1 is 1.50 bits per heavy atom. The van der Waals surface area contributed by atoms with E-state index >= 15 is 0 Å². The Morgan fingerprint density at radius 3 is 2.69 bits per heavy atom. The molecule has 0 bridgehead atoms. The third kappa shape index (κ3) is 2.01. The summed E-state index contributed by atoms with van der Waals surface area (Å²) in [5.41, 5.74) is 0.421. The average molecular weight is 235 g/mol. The van der Waals surface area contributed by atoms with Crippen LogP contribution in [-0.2, 0) is 0 Å². The van der Waals surface area contributed by atoms with Crippen LogP contribution >= 0.6 is 11.6 Å². The van der Waals surface area contributed by atoms with Crippen LogP contribution in [0.4, 0.5) is 5.69 Å². The van der Waals surface area contributed by atoms with Crippen molar-refractivity contribution in [2.75, 3.05) is 5.32 Å². The van der Waals surface area contributed by atoms with Crippen LogP contribution in [0.25, 0.3) is 0 Å². The zero-order valence-corrected chi connectivity index (χ0v) is 10.1. The first-order valence-electron chi connectivity index (χ1n) is 5.66. The van der Waals surface area contributed by atoms with Crippen molar-refractivity contribution in [3.63, 3.8) is 0 Å². The fraction of sp³-hybridized carbons (Fsp3) is 0.462. The van der Waals surface area contributed by atoms with Gasteiger partial charge in [0.15, 0.2) is 0 Å². The smallest absolute Gasteiger partial charge is 0.128 e. The number of nitrogens with zero attached hydrogens (tertiary/aromatic N) is 1. The quantitative estimate of drug-likeness (QED) is 0.860. The van der Waals surface area contributed by atoms with Gasteiger partial charge in [0.1, 0.15) is 5.54 Å². The highest BCUT2D eigenvalue weighted by Crippen LogP contribution is 2.43. The predicted molar refractivity (Wildman–Crippen MR) is 66.4 cm³/mol. The van der Waals surface area contributed by atoms with Gasteiger partial charge < -0.3 is 5.32 Å². The maximum Gasteiger partial charge on any atom is 0.128 e. The van der Waals surface area contributed by atoms with Crippen molar-refractivity contribution in [2.45, 2.75) is 31.7 Å². The molecule has 3 heteroatoms. The Bertz CT molecular complexity index is 420. The van der Waals surface area contributed by atoms with Crippen LogP contribution < -0.4 is 5.32 Å². The fourth-order valence-corrected chi connectivity index (χ4v) is 2.24. The summed E-state index contributed by atoms with van der Waals surface area (Å²) in [6.07, 6.45) is 3.08. The van der Waals surface area contributed by atoms with Crippen LogP contribution in [-0.4, -0.2) is 5.54 Å². The van der Waals surface area contributed by atoms with Crippen molar-refractivity contribution >= 4 is 17.3 Å². The molecule has 84 valence electrons.